The van der Waals surface area contributed by atoms with Crippen molar-refractivity contribution in [3.8, 4) is 0 Å². The molecule has 3 unspecified atom stereocenters. The third-order valence-corrected chi connectivity index (χ3v) is 5.24. The molecule has 0 aromatic heterocycles. The summed E-state index contributed by atoms with van der Waals surface area (Å²) in [5.41, 5.74) is 3.28. The van der Waals surface area contributed by atoms with E-state index in [0.29, 0.717) is 12.0 Å². The molecule has 1 aromatic rings. The number of amides is 1. The number of rotatable bonds is 2. The fourth-order valence-electron chi connectivity index (χ4n) is 3.56. The van der Waals surface area contributed by atoms with Crippen LogP contribution in [0.15, 0.2) is 18.2 Å². The highest BCUT2D eigenvalue weighted by atomic mass is 16.1. The second-order valence-corrected chi connectivity index (χ2v) is 6.84. The molecule has 2 N–H and O–H groups in total. The van der Waals surface area contributed by atoms with Gasteiger partial charge in [-0.1, -0.05) is 13.8 Å². The fourth-order valence-corrected chi connectivity index (χ4v) is 3.56. The number of carbonyl (C=O) groups is 1. The molecule has 3 heteroatoms. The zero-order valence-electron chi connectivity index (χ0n) is 13.1. The van der Waals surface area contributed by atoms with Crippen LogP contribution in [0, 0.1) is 11.8 Å². The number of aryl methyl sites for hydroxylation is 1. The Hall–Kier alpha value is -1.51. The first-order valence-electron chi connectivity index (χ1n) is 8.31. The summed E-state index contributed by atoms with van der Waals surface area (Å²) in [5, 5.41) is 6.62. The van der Waals surface area contributed by atoms with E-state index in [0.717, 1.165) is 43.7 Å². The summed E-state index contributed by atoms with van der Waals surface area (Å²) in [4.78, 5) is 12.5. The maximum atomic E-state index is 12.5. The van der Waals surface area contributed by atoms with Gasteiger partial charge in [-0.25, -0.2) is 0 Å². The molecule has 21 heavy (non-hydrogen) atoms. The topological polar surface area (TPSA) is 41.1 Å². The smallest absolute Gasteiger partial charge is 0.251 e. The van der Waals surface area contributed by atoms with Crippen LogP contribution in [-0.4, -0.2) is 18.5 Å². The van der Waals surface area contributed by atoms with Crippen molar-refractivity contribution in [3.63, 3.8) is 0 Å². The van der Waals surface area contributed by atoms with E-state index < -0.39 is 0 Å². The Morgan fingerprint density at radius 2 is 2.10 bits per heavy atom. The van der Waals surface area contributed by atoms with Crippen LogP contribution in [0.1, 0.15) is 55.5 Å². The van der Waals surface area contributed by atoms with E-state index in [9.17, 15) is 4.79 Å². The second-order valence-electron chi connectivity index (χ2n) is 6.84. The first-order chi connectivity index (χ1) is 10.1. The van der Waals surface area contributed by atoms with E-state index in [1.54, 1.807) is 0 Å². The average molecular weight is 286 g/mol. The van der Waals surface area contributed by atoms with Crippen LogP contribution >= 0.6 is 0 Å². The lowest BCUT2D eigenvalue weighted by Gasteiger charge is -2.32. The van der Waals surface area contributed by atoms with Gasteiger partial charge < -0.3 is 10.6 Å². The molecule has 0 radical (unpaired) electrons. The summed E-state index contributed by atoms with van der Waals surface area (Å²) >= 11 is 0. The Morgan fingerprint density at radius 3 is 2.90 bits per heavy atom. The molecule has 0 bridgehead atoms. The van der Waals surface area contributed by atoms with Crippen molar-refractivity contribution in [2.45, 2.75) is 52.0 Å². The molecule has 0 spiro atoms. The van der Waals surface area contributed by atoms with Gasteiger partial charge in [0.25, 0.3) is 5.91 Å². The fraction of sp³-hybridized carbons (Fsp3) is 0.611. The van der Waals surface area contributed by atoms with Crippen molar-refractivity contribution in [2.24, 2.45) is 11.8 Å². The van der Waals surface area contributed by atoms with Gasteiger partial charge in [-0.05, 0) is 67.7 Å². The van der Waals surface area contributed by atoms with Crippen molar-refractivity contribution in [1.29, 1.82) is 0 Å². The SMILES string of the molecule is CC1CCC(NC(=O)c2ccc3c(c2)CCCN3)CC1C. The molecule has 2 aliphatic rings. The largest absolute Gasteiger partial charge is 0.385 e. The van der Waals surface area contributed by atoms with Gasteiger partial charge in [0.2, 0.25) is 0 Å². The molecule has 1 aliphatic carbocycles. The van der Waals surface area contributed by atoms with E-state index in [2.05, 4.69) is 36.6 Å². The number of benzene rings is 1. The van der Waals surface area contributed by atoms with Crippen LogP contribution in [0.25, 0.3) is 0 Å². The first kappa shape index (κ1) is 14.4. The van der Waals surface area contributed by atoms with Crippen LogP contribution in [0.2, 0.25) is 0 Å². The molecule has 1 saturated carbocycles. The van der Waals surface area contributed by atoms with Gasteiger partial charge in [-0.2, -0.15) is 0 Å². The highest BCUT2D eigenvalue weighted by Gasteiger charge is 2.26. The number of hydrogen-bond donors (Lipinski definition) is 2. The monoisotopic (exact) mass is 286 g/mol. The summed E-state index contributed by atoms with van der Waals surface area (Å²) in [7, 11) is 0. The van der Waals surface area contributed by atoms with Gasteiger partial charge in [0.05, 0.1) is 0 Å². The average Bonchev–Trinajstić information content (AvgIpc) is 2.50. The summed E-state index contributed by atoms with van der Waals surface area (Å²) in [6.45, 7) is 5.66. The standard InChI is InChI=1S/C18H26N2O/c1-12-5-7-16(10-13(12)2)20-18(21)15-6-8-17-14(11-15)4-3-9-19-17/h6,8,11-13,16,19H,3-5,7,9-10H2,1-2H3,(H,20,21). The molecule has 3 atom stereocenters. The third kappa shape index (κ3) is 3.22. The molecule has 3 nitrogen and oxygen atoms in total. The maximum absolute atomic E-state index is 12.5. The van der Waals surface area contributed by atoms with Gasteiger partial charge in [-0.3, -0.25) is 4.79 Å². The highest BCUT2D eigenvalue weighted by Crippen LogP contribution is 2.29. The number of hydrogen-bond acceptors (Lipinski definition) is 2. The lowest BCUT2D eigenvalue weighted by Crippen LogP contribution is -2.39. The van der Waals surface area contributed by atoms with E-state index >= 15 is 0 Å². The molecule has 114 valence electrons. The highest BCUT2D eigenvalue weighted by molar-refractivity contribution is 5.95. The minimum atomic E-state index is 0.0927. The van der Waals surface area contributed by atoms with Crippen molar-refractivity contribution in [3.05, 3.63) is 29.3 Å². The van der Waals surface area contributed by atoms with Crippen LogP contribution in [0.5, 0.6) is 0 Å². The zero-order chi connectivity index (χ0) is 14.8. The lowest BCUT2D eigenvalue weighted by molar-refractivity contribution is 0.0910. The number of anilines is 1. The lowest BCUT2D eigenvalue weighted by atomic mass is 9.79. The quantitative estimate of drug-likeness (QED) is 0.872. The number of fused-ring (bicyclic) bond motifs is 1. The predicted octanol–water partition coefficient (Wildman–Crippen LogP) is 3.60. The Kier molecular flexibility index (Phi) is 4.18. The predicted molar refractivity (Wildman–Crippen MR) is 86.7 cm³/mol. The Labute approximate surface area is 127 Å². The van der Waals surface area contributed by atoms with E-state index in [4.69, 9.17) is 0 Å². The Bertz CT molecular complexity index is 526. The number of carbonyl (C=O) groups excluding carboxylic acids is 1. The van der Waals surface area contributed by atoms with Gasteiger partial charge >= 0.3 is 0 Å². The molecule has 1 amide bonds. The van der Waals surface area contributed by atoms with E-state index in [1.165, 1.54) is 17.7 Å². The number of nitrogens with one attached hydrogen (secondary N) is 2. The van der Waals surface area contributed by atoms with Gasteiger partial charge in [0.15, 0.2) is 0 Å². The van der Waals surface area contributed by atoms with E-state index in [-0.39, 0.29) is 5.91 Å². The summed E-state index contributed by atoms with van der Waals surface area (Å²) < 4.78 is 0. The van der Waals surface area contributed by atoms with Gasteiger partial charge in [0.1, 0.15) is 0 Å². The van der Waals surface area contributed by atoms with Crippen LogP contribution in [0.3, 0.4) is 0 Å². The van der Waals surface area contributed by atoms with Gasteiger partial charge in [-0.15, -0.1) is 0 Å². The van der Waals surface area contributed by atoms with Gasteiger partial charge in [0, 0.05) is 23.8 Å². The molecule has 0 saturated heterocycles. The molecule has 1 heterocycles. The molecular formula is C18H26N2O. The van der Waals surface area contributed by atoms with Crippen molar-refractivity contribution < 1.29 is 4.79 Å². The van der Waals surface area contributed by atoms with Crippen LogP contribution in [0.4, 0.5) is 5.69 Å². The minimum absolute atomic E-state index is 0.0927. The molecule has 1 fully saturated rings. The molecule has 3 rings (SSSR count). The van der Waals surface area contributed by atoms with Crippen molar-refractivity contribution in [1.82, 2.24) is 5.32 Å². The molecular weight excluding hydrogens is 260 g/mol. The normalized spacial score (nSPS) is 28.4. The summed E-state index contributed by atoms with van der Waals surface area (Å²) in [5.74, 6) is 1.58. The minimum Gasteiger partial charge on any atom is -0.385 e. The first-order valence-corrected chi connectivity index (χ1v) is 8.31. The van der Waals surface area contributed by atoms with E-state index in [1.807, 2.05) is 6.07 Å². The Morgan fingerprint density at radius 1 is 1.24 bits per heavy atom. The van der Waals surface area contributed by atoms with Crippen LogP contribution in [-0.2, 0) is 6.42 Å². The summed E-state index contributed by atoms with van der Waals surface area (Å²) in [6, 6.07) is 6.40. The van der Waals surface area contributed by atoms with Crippen molar-refractivity contribution in [2.75, 3.05) is 11.9 Å². The van der Waals surface area contributed by atoms with Crippen LogP contribution < -0.4 is 10.6 Å². The Balaban J connectivity index is 1.65. The maximum Gasteiger partial charge on any atom is 0.251 e. The summed E-state index contributed by atoms with van der Waals surface area (Å²) in [6.07, 6.45) is 5.67. The zero-order valence-corrected chi connectivity index (χ0v) is 13.1. The second kappa shape index (κ2) is 6.08. The third-order valence-electron chi connectivity index (χ3n) is 5.24. The molecule has 1 aromatic carbocycles. The van der Waals surface area contributed by atoms with Crippen molar-refractivity contribution >= 4 is 11.6 Å². The molecule has 1 aliphatic heterocycles.